The molecule has 0 saturated heterocycles. The van der Waals surface area contributed by atoms with Crippen LogP contribution in [-0.2, 0) is 11.3 Å². The number of rotatable bonds is 6. The molecule has 0 unspecified atom stereocenters. The average Bonchev–Trinajstić information content (AvgIpc) is 3.29. The van der Waals surface area contributed by atoms with E-state index >= 15 is 0 Å². The highest BCUT2D eigenvalue weighted by Crippen LogP contribution is 2.29. The first-order valence-electron chi connectivity index (χ1n) is 6.50. The number of benzene rings is 1. The molecule has 2 rings (SSSR count). The summed E-state index contributed by atoms with van der Waals surface area (Å²) in [5, 5.41) is 11.4. The summed E-state index contributed by atoms with van der Waals surface area (Å²) >= 11 is 0. The maximum absolute atomic E-state index is 11.7. The number of ether oxygens (including phenoxy) is 1. The molecule has 0 aromatic heterocycles. The number of nitrogens with one attached hydrogen (secondary N) is 1. The fourth-order valence-corrected chi connectivity index (χ4v) is 1.92. The topological polar surface area (TPSA) is 79.2 Å². The molecule has 5 nitrogen and oxygen atoms in total. The summed E-state index contributed by atoms with van der Waals surface area (Å²) in [5.74, 6) is 0.420. The van der Waals surface area contributed by atoms with Crippen molar-refractivity contribution in [3.05, 3.63) is 29.3 Å². The van der Waals surface area contributed by atoms with Crippen LogP contribution < -0.4 is 10.1 Å². The maximum Gasteiger partial charge on any atom is 0.223 e. The van der Waals surface area contributed by atoms with Gasteiger partial charge in [0.15, 0.2) is 5.78 Å². The van der Waals surface area contributed by atoms with Crippen molar-refractivity contribution in [2.24, 2.45) is 5.92 Å². The van der Waals surface area contributed by atoms with E-state index in [1.165, 1.54) is 7.11 Å². The zero-order chi connectivity index (χ0) is 14.5. The van der Waals surface area contributed by atoms with Crippen molar-refractivity contribution in [3.8, 4) is 11.8 Å². The van der Waals surface area contributed by atoms with Crippen LogP contribution in [0.3, 0.4) is 0 Å². The van der Waals surface area contributed by atoms with Gasteiger partial charge in [0, 0.05) is 12.5 Å². The van der Waals surface area contributed by atoms with Gasteiger partial charge in [-0.1, -0.05) is 6.07 Å². The van der Waals surface area contributed by atoms with Gasteiger partial charge < -0.3 is 10.1 Å². The molecule has 0 bridgehead atoms. The van der Waals surface area contributed by atoms with Gasteiger partial charge in [0.25, 0.3) is 0 Å². The molecule has 1 aromatic rings. The van der Waals surface area contributed by atoms with Crippen LogP contribution in [0.2, 0.25) is 0 Å². The van der Waals surface area contributed by atoms with Gasteiger partial charge in [-0.3, -0.25) is 9.59 Å². The molecule has 0 radical (unpaired) electrons. The van der Waals surface area contributed by atoms with E-state index in [9.17, 15) is 9.59 Å². The lowest BCUT2D eigenvalue weighted by Crippen LogP contribution is -2.24. The fourth-order valence-electron chi connectivity index (χ4n) is 1.92. The molecule has 1 aliphatic rings. The number of amides is 1. The number of nitrogens with zero attached hydrogens (tertiary/aromatic N) is 1. The van der Waals surface area contributed by atoms with E-state index < -0.39 is 0 Å². The number of hydrogen-bond donors (Lipinski definition) is 1. The Morgan fingerprint density at radius 1 is 1.45 bits per heavy atom. The first-order valence-corrected chi connectivity index (χ1v) is 6.50. The van der Waals surface area contributed by atoms with Gasteiger partial charge in [-0.2, -0.15) is 5.26 Å². The normalized spacial score (nSPS) is 13.4. The molecule has 104 valence electrons. The number of carbonyl (C=O) groups excluding carboxylic acids is 2. The van der Waals surface area contributed by atoms with Crippen LogP contribution in [0.25, 0.3) is 0 Å². The van der Waals surface area contributed by atoms with Crippen molar-refractivity contribution < 1.29 is 14.3 Å². The summed E-state index contributed by atoms with van der Waals surface area (Å²) in [6.07, 6.45) is 1.77. The minimum atomic E-state index is -0.266. The Labute approximate surface area is 117 Å². The van der Waals surface area contributed by atoms with E-state index in [1.807, 2.05) is 6.07 Å². The molecule has 1 fully saturated rings. The van der Waals surface area contributed by atoms with Crippen LogP contribution in [0, 0.1) is 17.2 Å². The molecule has 0 heterocycles. The fraction of sp³-hybridized carbons (Fsp3) is 0.400. The number of Topliss-reactive ketones (excluding diaryl/α,β-unsaturated/α-hetero) is 1. The van der Waals surface area contributed by atoms with Crippen molar-refractivity contribution in [3.63, 3.8) is 0 Å². The molecule has 20 heavy (non-hydrogen) atoms. The summed E-state index contributed by atoms with van der Waals surface area (Å²) in [4.78, 5) is 23.3. The molecule has 1 aromatic carbocycles. The van der Waals surface area contributed by atoms with Crippen molar-refractivity contribution >= 4 is 11.7 Å². The van der Waals surface area contributed by atoms with E-state index in [1.54, 1.807) is 18.2 Å². The summed E-state index contributed by atoms with van der Waals surface area (Å²) < 4.78 is 5.18. The highest BCUT2D eigenvalue weighted by molar-refractivity contribution is 5.99. The summed E-state index contributed by atoms with van der Waals surface area (Å²) in [6.45, 7) is 0.415. The SMILES string of the molecule is COc1cc(CNC(=O)C2CC2)ccc1C(=O)CC#N. The van der Waals surface area contributed by atoms with Gasteiger partial charge in [-0.15, -0.1) is 0 Å². The van der Waals surface area contributed by atoms with Crippen molar-refractivity contribution in [1.29, 1.82) is 5.26 Å². The smallest absolute Gasteiger partial charge is 0.223 e. The second kappa shape index (κ2) is 6.20. The molecule has 5 heteroatoms. The molecular weight excluding hydrogens is 256 g/mol. The summed E-state index contributed by atoms with van der Waals surface area (Å²) in [7, 11) is 1.48. The minimum Gasteiger partial charge on any atom is -0.496 e. The van der Waals surface area contributed by atoms with Gasteiger partial charge in [0.2, 0.25) is 5.91 Å². The zero-order valence-corrected chi connectivity index (χ0v) is 11.3. The van der Waals surface area contributed by atoms with E-state index in [-0.39, 0.29) is 24.0 Å². The van der Waals surface area contributed by atoms with Gasteiger partial charge in [-0.05, 0) is 30.5 Å². The number of methoxy groups -OCH3 is 1. The van der Waals surface area contributed by atoms with Gasteiger partial charge in [0.1, 0.15) is 5.75 Å². The molecular formula is C15H16N2O3. The van der Waals surface area contributed by atoms with E-state index in [2.05, 4.69) is 5.32 Å². The largest absolute Gasteiger partial charge is 0.496 e. The highest BCUT2D eigenvalue weighted by atomic mass is 16.5. The molecule has 0 aliphatic heterocycles. The van der Waals surface area contributed by atoms with Gasteiger partial charge in [0.05, 0.1) is 25.2 Å². The van der Waals surface area contributed by atoms with Crippen LogP contribution in [-0.4, -0.2) is 18.8 Å². The lowest BCUT2D eigenvalue weighted by Gasteiger charge is -2.10. The Bertz CT molecular complexity index is 571. The molecule has 0 atom stereocenters. The Kier molecular flexibility index (Phi) is 4.36. The van der Waals surface area contributed by atoms with Crippen molar-refractivity contribution in [2.75, 3.05) is 7.11 Å². The second-order valence-electron chi connectivity index (χ2n) is 4.78. The first-order chi connectivity index (χ1) is 9.65. The Hall–Kier alpha value is -2.35. The maximum atomic E-state index is 11.7. The summed E-state index contributed by atoms with van der Waals surface area (Å²) in [6, 6.07) is 6.95. The van der Waals surface area contributed by atoms with Crippen molar-refractivity contribution in [1.82, 2.24) is 5.32 Å². The lowest BCUT2D eigenvalue weighted by atomic mass is 10.0. The third-order valence-corrected chi connectivity index (χ3v) is 3.22. The van der Waals surface area contributed by atoms with Crippen LogP contribution in [0.5, 0.6) is 5.75 Å². The first kappa shape index (κ1) is 14.1. The average molecular weight is 272 g/mol. The van der Waals surface area contributed by atoms with Gasteiger partial charge in [-0.25, -0.2) is 0 Å². The Morgan fingerprint density at radius 2 is 2.20 bits per heavy atom. The molecule has 1 N–H and O–H groups in total. The molecule has 1 amide bonds. The quantitative estimate of drug-likeness (QED) is 0.801. The van der Waals surface area contributed by atoms with Crippen molar-refractivity contribution in [2.45, 2.75) is 25.8 Å². The zero-order valence-electron chi connectivity index (χ0n) is 11.3. The van der Waals surface area contributed by atoms with E-state index in [0.29, 0.717) is 17.9 Å². The number of ketones is 1. The Morgan fingerprint density at radius 3 is 2.80 bits per heavy atom. The van der Waals surface area contributed by atoms with Crippen LogP contribution >= 0.6 is 0 Å². The molecule has 1 aliphatic carbocycles. The standard InChI is InChI=1S/C15H16N2O3/c1-20-14-8-10(9-17-15(19)11-3-4-11)2-5-12(14)13(18)6-7-16/h2,5,8,11H,3-4,6,9H2,1H3,(H,17,19). The number of carbonyl (C=O) groups is 2. The Balaban J connectivity index is 2.06. The van der Waals surface area contributed by atoms with Gasteiger partial charge >= 0.3 is 0 Å². The minimum absolute atomic E-state index is 0.0774. The third-order valence-electron chi connectivity index (χ3n) is 3.22. The van der Waals surface area contributed by atoms with E-state index in [4.69, 9.17) is 10.00 Å². The third kappa shape index (κ3) is 3.35. The molecule has 0 spiro atoms. The van der Waals surface area contributed by atoms with Crippen LogP contribution in [0.15, 0.2) is 18.2 Å². The molecule has 1 saturated carbocycles. The summed E-state index contributed by atoms with van der Waals surface area (Å²) in [5.41, 5.74) is 1.26. The number of hydrogen-bond acceptors (Lipinski definition) is 4. The predicted molar refractivity (Wildman–Crippen MR) is 72.1 cm³/mol. The number of nitriles is 1. The predicted octanol–water partition coefficient (Wildman–Crippen LogP) is 1.82. The monoisotopic (exact) mass is 272 g/mol. The van der Waals surface area contributed by atoms with Crippen LogP contribution in [0.4, 0.5) is 0 Å². The van der Waals surface area contributed by atoms with Crippen LogP contribution in [0.1, 0.15) is 35.2 Å². The second-order valence-corrected chi connectivity index (χ2v) is 4.78. The van der Waals surface area contributed by atoms with E-state index in [0.717, 1.165) is 18.4 Å². The lowest BCUT2D eigenvalue weighted by molar-refractivity contribution is -0.122. The highest BCUT2D eigenvalue weighted by Gasteiger charge is 2.29.